The van der Waals surface area contributed by atoms with Crippen LogP contribution >= 0.6 is 27.5 Å². The first-order valence-electron chi connectivity index (χ1n) is 4.33. The largest absolute Gasteiger partial charge is 0.444 e. The third kappa shape index (κ3) is 2.62. The van der Waals surface area contributed by atoms with Gasteiger partial charge in [-0.3, -0.25) is 4.79 Å². The molecule has 4 nitrogen and oxygen atoms in total. The van der Waals surface area contributed by atoms with Crippen molar-refractivity contribution in [3.8, 4) is 0 Å². The van der Waals surface area contributed by atoms with E-state index in [1.54, 1.807) is 24.3 Å². The first kappa shape index (κ1) is 11.2. The second-order valence-corrected chi connectivity index (χ2v) is 4.14. The molecule has 1 N–H and O–H groups in total. The lowest BCUT2D eigenvalue weighted by atomic mass is 10.4. The molecule has 82 valence electrons. The SMILES string of the molecule is O=C(Nc1cc(Cl)ccn1)c1ccc(Br)o1. The van der Waals surface area contributed by atoms with E-state index in [0.717, 1.165) is 0 Å². The van der Waals surface area contributed by atoms with Gasteiger partial charge in [-0.15, -0.1) is 0 Å². The molecule has 0 atom stereocenters. The molecule has 0 unspecified atom stereocenters. The Labute approximate surface area is 105 Å². The van der Waals surface area contributed by atoms with Crippen LogP contribution in [0.4, 0.5) is 5.82 Å². The summed E-state index contributed by atoms with van der Waals surface area (Å²) in [5.74, 6) is 0.208. The summed E-state index contributed by atoms with van der Waals surface area (Å²) in [5.41, 5.74) is 0. The highest BCUT2D eigenvalue weighted by Crippen LogP contribution is 2.16. The van der Waals surface area contributed by atoms with Crippen molar-refractivity contribution in [2.24, 2.45) is 0 Å². The topological polar surface area (TPSA) is 55.1 Å². The highest BCUT2D eigenvalue weighted by atomic mass is 79.9. The van der Waals surface area contributed by atoms with Crippen LogP contribution in [0.5, 0.6) is 0 Å². The van der Waals surface area contributed by atoms with Crippen LogP contribution < -0.4 is 5.32 Å². The highest BCUT2D eigenvalue weighted by molar-refractivity contribution is 9.10. The fraction of sp³-hybridized carbons (Fsp3) is 0. The van der Waals surface area contributed by atoms with Gasteiger partial charge in [-0.1, -0.05) is 11.6 Å². The molecule has 1 amide bonds. The van der Waals surface area contributed by atoms with Crippen LogP contribution in [0.25, 0.3) is 0 Å². The summed E-state index contributed by atoms with van der Waals surface area (Å²) in [5, 5.41) is 3.07. The fourth-order valence-electron chi connectivity index (χ4n) is 1.09. The number of nitrogens with one attached hydrogen (secondary N) is 1. The zero-order valence-corrected chi connectivity index (χ0v) is 10.2. The molecule has 0 aliphatic carbocycles. The Morgan fingerprint density at radius 3 is 2.88 bits per heavy atom. The molecule has 2 rings (SSSR count). The summed E-state index contributed by atoms with van der Waals surface area (Å²) in [6.07, 6.45) is 1.51. The van der Waals surface area contributed by atoms with Gasteiger partial charge in [0.2, 0.25) is 0 Å². The predicted octanol–water partition coefficient (Wildman–Crippen LogP) is 3.34. The molecule has 2 aromatic rings. The molecule has 0 fully saturated rings. The standard InChI is InChI=1S/C10H6BrClN2O2/c11-8-2-1-7(16-8)10(15)14-9-5-6(12)3-4-13-9/h1-5H,(H,13,14,15). The van der Waals surface area contributed by atoms with Gasteiger partial charge in [-0.2, -0.15) is 0 Å². The third-order valence-corrected chi connectivity index (χ3v) is 2.42. The van der Waals surface area contributed by atoms with E-state index in [0.29, 0.717) is 15.5 Å². The van der Waals surface area contributed by atoms with Gasteiger partial charge < -0.3 is 9.73 Å². The number of hydrogen-bond donors (Lipinski definition) is 1. The van der Waals surface area contributed by atoms with Gasteiger partial charge in [-0.25, -0.2) is 4.98 Å². The van der Waals surface area contributed by atoms with Crippen LogP contribution in [0.2, 0.25) is 5.02 Å². The van der Waals surface area contributed by atoms with E-state index in [1.807, 2.05) is 0 Å². The molecule has 0 aliphatic heterocycles. The minimum absolute atomic E-state index is 0.202. The third-order valence-electron chi connectivity index (χ3n) is 1.76. The lowest BCUT2D eigenvalue weighted by Crippen LogP contribution is -2.11. The smallest absolute Gasteiger partial charge is 0.292 e. The van der Waals surface area contributed by atoms with Crippen LogP contribution in [-0.4, -0.2) is 10.9 Å². The van der Waals surface area contributed by atoms with E-state index >= 15 is 0 Å². The van der Waals surface area contributed by atoms with Crippen LogP contribution in [0.15, 0.2) is 39.5 Å². The van der Waals surface area contributed by atoms with Crippen LogP contribution in [0, 0.1) is 0 Å². The molecular weight excluding hydrogens is 295 g/mol. The molecular formula is C10H6BrClN2O2. The Kier molecular flexibility index (Phi) is 3.26. The molecule has 16 heavy (non-hydrogen) atoms. The van der Waals surface area contributed by atoms with Gasteiger partial charge in [0.15, 0.2) is 10.4 Å². The second-order valence-electron chi connectivity index (χ2n) is 2.92. The van der Waals surface area contributed by atoms with Crippen LogP contribution in [0.3, 0.4) is 0 Å². The van der Waals surface area contributed by atoms with E-state index in [4.69, 9.17) is 16.0 Å². The number of rotatable bonds is 2. The van der Waals surface area contributed by atoms with Crippen molar-refractivity contribution >= 4 is 39.3 Å². The number of nitrogens with zero attached hydrogens (tertiary/aromatic N) is 1. The number of carbonyl (C=O) groups excluding carboxylic acids is 1. The van der Waals surface area contributed by atoms with E-state index in [-0.39, 0.29) is 11.7 Å². The van der Waals surface area contributed by atoms with Gasteiger partial charge >= 0.3 is 0 Å². The van der Waals surface area contributed by atoms with Crippen LogP contribution in [-0.2, 0) is 0 Å². The maximum absolute atomic E-state index is 11.6. The van der Waals surface area contributed by atoms with Crippen molar-refractivity contribution in [2.45, 2.75) is 0 Å². The molecule has 2 aromatic heterocycles. The first-order valence-corrected chi connectivity index (χ1v) is 5.50. The zero-order chi connectivity index (χ0) is 11.5. The maximum Gasteiger partial charge on any atom is 0.292 e. The Hall–Kier alpha value is -1.33. The predicted molar refractivity (Wildman–Crippen MR) is 63.6 cm³/mol. The van der Waals surface area contributed by atoms with Gasteiger partial charge in [0.05, 0.1) is 0 Å². The highest BCUT2D eigenvalue weighted by Gasteiger charge is 2.11. The molecule has 2 heterocycles. The summed E-state index contributed by atoms with van der Waals surface area (Å²) in [6.45, 7) is 0. The van der Waals surface area contributed by atoms with Gasteiger partial charge in [0.1, 0.15) is 5.82 Å². The molecule has 0 radical (unpaired) electrons. The quantitative estimate of drug-likeness (QED) is 0.925. The Morgan fingerprint density at radius 2 is 2.25 bits per heavy atom. The fourth-order valence-corrected chi connectivity index (χ4v) is 1.55. The molecule has 0 spiro atoms. The Morgan fingerprint density at radius 1 is 1.44 bits per heavy atom. The normalized spacial score (nSPS) is 10.1. The number of halogens is 2. The first-order chi connectivity index (χ1) is 7.65. The number of furan rings is 1. The van der Waals surface area contributed by atoms with Crippen molar-refractivity contribution in [3.63, 3.8) is 0 Å². The van der Waals surface area contributed by atoms with Crippen molar-refractivity contribution < 1.29 is 9.21 Å². The number of amides is 1. The molecule has 0 aliphatic rings. The lowest BCUT2D eigenvalue weighted by molar-refractivity contribution is 0.0995. The molecule has 0 aromatic carbocycles. The second kappa shape index (κ2) is 4.67. The van der Waals surface area contributed by atoms with Gasteiger partial charge in [0.25, 0.3) is 5.91 Å². The average Bonchev–Trinajstić information content (AvgIpc) is 2.65. The lowest BCUT2D eigenvalue weighted by Gasteiger charge is -2.01. The Bertz CT molecular complexity index is 527. The van der Waals surface area contributed by atoms with Crippen molar-refractivity contribution in [3.05, 3.63) is 45.9 Å². The number of hydrogen-bond acceptors (Lipinski definition) is 3. The molecule has 0 saturated carbocycles. The summed E-state index contributed by atoms with van der Waals surface area (Å²) in [7, 11) is 0. The minimum Gasteiger partial charge on any atom is -0.444 e. The van der Waals surface area contributed by atoms with Crippen LogP contribution in [0.1, 0.15) is 10.6 Å². The maximum atomic E-state index is 11.6. The number of pyridine rings is 1. The summed E-state index contributed by atoms with van der Waals surface area (Å²) >= 11 is 8.87. The van der Waals surface area contributed by atoms with E-state index in [2.05, 4.69) is 26.2 Å². The molecule has 0 saturated heterocycles. The number of carbonyl (C=O) groups is 1. The summed E-state index contributed by atoms with van der Waals surface area (Å²) in [4.78, 5) is 15.6. The van der Waals surface area contributed by atoms with Crippen molar-refractivity contribution in [1.29, 1.82) is 0 Å². The number of aromatic nitrogens is 1. The van der Waals surface area contributed by atoms with E-state index < -0.39 is 0 Å². The molecule has 0 bridgehead atoms. The average molecular weight is 302 g/mol. The number of anilines is 1. The van der Waals surface area contributed by atoms with Gasteiger partial charge in [-0.05, 0) is 40.2 Å². The zero-order valence-electron chi connectivity index (χ0n) is 7.91. The van der Waals surface area contributed by atoms with Crippen molar-refractivity contribution in [1.82, 2.24) is 4.98 Å². The van der Waals surface area contributed by atoms with Crippen molar-refractivity contribution in [2.75, 3.05) is 5.32 Å². The summed E-state index contributed by atoms with van der Waals surface area (Å²) in [6, 6.07) is 6.38. The Balaban J connectivity index is 2.13. The van der Waals surface area contributed by atoms with E-state index in [1.165, 1.54) is 6.20 Å². The monoisotopic (exact) mass is 300 g/mol. The minimum atomic E-state index is -0.375. The summed E-state index contributed by atoms with van der Waals surface area (Å²) < 4.78 is 5.59. The van der Waals surface area contributed by atoms with Gasteiger partial charge in [0, 0.05) is 11.2 Å². The molecule has 6 heteroatoms. The van der Waals surface area contributed by atoms with E-state index in [9.17, 15) is 4.79 Å².